The fraction of sp³-hybridized carbons (Fsp3) is 0.333. The first-order valence-corrected chi connectivity index (χ1v) is 11.6. The van der Waals surface area contributed by atoms with Gasteiger partial charge >= 0.3 is 0 Å². The predicted octanol–water partition coefficient (Wildman–Crippen LogP) is 6.16. The molecule has 160 valence electrons. The van der Waals surface area contributed by atoms with E-state index in [-0.39, 0.29) is 16.7 Å². The van der Waals surface area contributed by atoms with Gasteiger partial charge in [-0.2, -0.15) is 11.8 Å². The molecule has 0 saturated heterocycles. The van der Waals surface area contributed by atoms with Crippen molar-refractivity contribution < 1.29 is 4.92 Å². The monoisotopic (exact) mass is 434 g/mol. The number of allylic oxidation sites excluding steroid dienone is 1. The van der Waals surface area contributed by atoms with Crippen LogP contribution in [0.25, 0.3) is 16.5 Å². The molecule has 1 aliphatic heterocycles. The Morgan fingerprint density at radius 2 is 1.94 bits per heavy atom. The van der Waals surface area contributed by atoms with Crippen molar-refractivity contribution in [2.75, 3.05) is 16.8 Å². The summed E-state index contributed by atoms with van der Waals surface area (Å²) in [6, 6.07) is 9.37. The molecule has 4 rings (SSSR count). The van der Waals surface area contributed by atoms with Crippen LogP contribution in [-0.4, -0.2) is 26.4 Å². The van der Waals surface area contributed by atoms with Crippen molar-refractivity contribution in [2.45, 2.75) is 40.2 Å². The molecule has 3 aromatic rings. The highest BCUT2D eigenvalue weighted by Crippen LogP contribution is 2.34. The number of hydrogen-bond acceptors (Lipinski definition) is 6. The Kier molecular flexibility index (Phi) is 5.96. The molecule has 0 amide bonds. The van der Waals surface area contributed by atoms with E-state index in [0.717, 1.165) is 45.8 Å². The Balaban J connectivity index is 1.76. The first kappa shape index (κ1) is 21.3. The second kappa shape index (κ2) is 8.67. The first-order chi connectivity index (χ1) is 14.8. The number of non-ortho nitro benzene ring substituents is 1. The summed E-state index contributed by atoms with van der Waals surface area (Å²) in [6.45, 7) is 7.89. The Labute approximate surface area is 186 Å². The zero-order chi connectivity index (χ0) is 22.1. The molecular formula is C24H26N4O2S. The third kappa shape index (κ3) is 4.56. The van der Waals surface area contributed by atoms with Crippen LogP contribution in [0.4, 0.5) is 11.5 Å². The topological polar surface area (TPSA) is 81.0 Å². The molecule has 6 nitrogen and oxygen atoms in total. The average Bonchev–Trinajstić information content (AvgIpc) is 2.73. The maximum atomic E-state index is 11.3. The number of nitro benzene ring substituents is 1. The van der Waals surface area contributed by atoms with Crippen LogP contribution < -0.4 is 5.32 Å². The van der Waals surface area contributed by atoms with Crippen molar-refractivity contribution in [2.24, 2.45) is 0 Å². The number of anilines is 1. The summed E-state index contributed by atoms with van der Waals surface area (Å²) < 4.78 is 0. The minimum Gasteiger partial charge on any atom is -0.363 e. The third-order valence-electron chi connectivity index (χ3n) is 5.61. The minimum absolute atomic E-state index is 0.104. The van der Waals surface area contributed by atoms with Crippen LogP contribution in [0.3, 0.4) is 0 Å². The number of nitrogens with zero attached hydrogens (tertiary/aromatic N) is 3. The van der Waals surface area contributed by atoms with E-state index in [1.54, 1.807) is 12.1 Å². The van der Waals surface area contributed by atoms with Gasteiger partial charge in [0, 0.05) is 23.3 Å². The third-order valence-corrected chi connectivity index (χ3v) is 6.51. The van der Waals surface area contributed by atoms with Gasteiger partial charge in [-0.05, 0) is 79.8 Å². The number of rotatable bonds is 5. The number of aryl methyl sites for hydroxylation is 3. The molecule has 0 radical (unpaired) electrons. The van der Waals surface area contributed by atoms with E-state index in [9.17, 15) is 10.1 Å². The van der Waals surface area contributed by atoms with Crippen molar-refractivity contribution in [3.05, 3.63) is 74.6 Å². The Hall–Kier alpha value is -2.93. The van der Waals surface area contributed by atoms with E-state index >= 15 is 0 Å². The van der Waals surface area contributed by atoms with Crippen LogP contribution >= 0.6 is 11.8 Å². The molecule has 2 aromatic carbocycles. The molecule has 0 fully saturated rings. The zero-order valence-electron chi connectivity index (χ0n) is 18.2. The maximum absolute atomic E-state index is 11.3. The number of nitro groups is 1. The van der Waals surface area contributed by atoms with Crippen LogP contribution in [0, 0.1) is 30.9 Å². The lowest BCUT2D eigenvalue weighted by atomic mass is 9.96. The van der Waals surface area contributed by atoms with Crippen LogP contribution in [0.5, 0.6) is 0 Å². The van der Waals surface area contributed by atoms with E-state index in [1.807, 2.05) is 38.6 Å². The van der Waals surface area contributed by atoms with Gasteiger partial charge in [0.2, 0.25) is 0 Å². The largest absolute Gasteiger partial charge is 0.363 e. The van der Waals surface area contributed by atoms with Crippen LogP contribution in [-0.2, 0) is 0 Å². The van der Waals surface area contributed by atoms with Gasteiger partial charge < -0.3 is 5.32 Å². The highest BCUT2D eigenvalue weighted by Gasteiger charge is 2.17. The number of aromatic nitrogens is 2. The van der Waals surface area contributed by atoms with E-state index in [1.165, 1.54) is 16.7 Å². The van der Waals surface area contributed by atoms with Gasteiger partial charge in [-0.1, -0.05) is 12.1 Å². The Bertz CT molecular complexity index is 1210. The molecule has 0 spiro atoms. The van der Waals surface area contributed by atoms with Crippen LogP contribution in [0.15, 0.2) is 36.4 Å². The van der Waals surface area contributed by atoms with Gasteiger partial charge in [0.05, 0.1) is 16.5 Å². The summed E-state index contributed by atoms with van der Waals surface area (Å²) in [4.78, 5) is 20.3. The summed E-state index contributed by atoms with van der Waals surface area (Å²) in [6.07, 6.45) is 3.38. The lowest BCUT2D eigenvalue weighted by molar-refractivity contribution is -0.385. The summed E-state index contributed by atoms with van der Waals surface area (Å²) in [5, 5.41) is 15.7. The predicted molar refractivity (Wildman–Crippen MR) is 129 cm³/mol. The number of thioether (sulfide) groups is 1. The lowest BCUT2D eigenvalue weighted by Gasteiger charge is -2.19. The van der Waals surface area contributed by atoms with Gasteiger partial charge in [-0.3, -0.25) is 10.1 Å². The molecule has 1 aliphatic rings. The van der Waals surface area contributed by atoms with Gasteiger partial charge in [-0.15, -0.1) is 0 Å². The highest BCUT2D eigenvalue weighted by molar-refractivity contribution is 7.99. The molecule has 1 aromatic heterocycles. The number of nitrogens with one attached hydrogen (secondary N) is 1. The fourth-order valence-corrected chi connectivity index (χ4v) is 4.91. The molecule has 31 heavy (non-hydrogen) atoms. The molecule has 0 saturated carbocycles. The van der Waals surface area contributed by atoms with Gasteiger partial charge in [-0.25, -0.2) is 9.97 Å². The summed E-state index contributed by atoms with van der Waals surface area (Å²) in [5.74, 6) is 3.64. The quantitative estimate of drug-likeness (QED) is 0.383. The minimum atomic E-state index is -0.349. The van der Waals surface area contributed by atoms with E-state index in [2.05, 4.69) is 40.4 Å². The van der Waals surface area contributed by atoms with Gasteiger partial charge in [0.15, 0.2) is 0 Å². The molecule has 0 bridgehead atoms. The molecule has 1 N–H and O–H groups in total. The number of hydrogen-bond donors (Lipinski definition) is 1. The molecule has 7 heteroatoms. The van der Waals surface area contributed by atoms with Gasteiger partial charge in [0.1, 0.15) is 11.6 Å². The van der Waals surface area contributed by atoms with E-state index in [4.69, 9.17) is 0 Å². The zero-order valence-corrected chi connectivity index (χ0v) is 19.0. The number of benzene rings is 2. The van der Waals surface area contributed by atoms with Crippen LogP contribution in [0.2, 0.25) is 0 Å². The molecule has 2 heterocycles. The normalized spacial score (nSPS) is 14.9. The lowest BCUT2D eigenvalue weighted by Crippen LogP contribution is -2.10. The summed E-state index contributed by atoms with van der Waals surface area (Å²) in [7, 11) is 0. The summed E-state index contributed by atoms with van der Waals surface area (Å²) >= 11 is 1.96. The van der Waals surface area contributed by atoms with Crippen molar-refractivity contribution in [3.8, 4) is 0 Å². The Morgan fingerprint density at radius 3 is 2.65 bits per heavy atom. The smallest absolute Gasteiger partial charge is 0.270 e. The van der Waals surface area contributed by atoms with Gasteiger partial charge in [0.25, 0.3) is 5.69 Å². The second-order valence-electron chi connectivity index (χ2n) is 8.08. The van der Waals surface area contributed by atoms with Crippen LogP contribution in [0.1, 0.15) is 47.5 Å². The van der Waals surface area contributed by atoms with Crippen molar-refractivity contribution in [3.63, 3.8) is 0 Å². The van der Waals surface area contributed by atoms with Crippen molar-refractivity contribution in [1.82, 2.24) is 9.97 Å². The molecular weight excluding hydrogens is 408 g/mol. The maximum Gasteiger partial charge on any atom is 0.270 e. The van der Waals surface area contributed by atoms with Crippen molar-refractivity contribution in [1.29, 1.82) is 0 Å². The first-order valence-electron chi connectivity index (χ1n) is 10.4. The molecule has 0 unspecified atom stereocenters. The van der Waals surface area contributed by atoms with E-state index in [0.29, 0.717) is 5.82 Å². The van der Waals surface area contributed by atoms with E-state index < -0.39 is 0 Å². The standard InChI is InChI=1S/C24H26N4O2S/c1-14-9-19(12-20(10-14)28(29)30)16(3)25-24-22-13-21(18-5-7-31-8-6-18)15(2)11-23(22)26-17(4)27-24/h5,9-13,16H,6-8H2,1-4H3,(H,25,26,27)/t16-/m1/s1. The number of fused-ring (bicyclic) bond motifs is 1. The SMILES string of the molecule is Cc1cc([C@@H](C)Nc2nc(C)nc3cc(C)c(C4=CCSCC4)cc23)cc([N+](=O)[O-])c1. The van der Waals surface area contributed by atoms with Crippen molar-refractivity contribution >= 4 is 39.7 Å². The highest BCUT2D eigenvalue weighted by atomic mass is 32.2. The summed E-state index contributed by atoms with van der Waals surface area (Å²) in [5.41, 5.74) is 6.58. The second-order valence-corrected chi connectivity index (χ2v) is 9.23. The Morgan fingerprint density at radius 1 is 1.13 bits per heavy atom. The molecule has 1 atom stereocenters. The molecule has 0 aliphatic carbocycles. The average molecular weight is 435 g/mol. The fourth-order valence-electron chi connectivity index (χ4n) is 4.06.